The molecular formula is C14H19BrN2O2. The number of hydrogen-bond acceptors (Lipinski definition) is 3. The zero-order valence-corrected chi connectivity index (χ0v) is 12.6. The highest BCUT2D eigenvalue weighted by Gasteiger charge is 2.23. The van der Waals surface area contributed by atoms with Crippen molar-refractivity contribution in [2.24, 2.45) is 5.73 Å². The molecule has 0 saturated heterocycles. The van der Waals surface area contributed by atoms with Gasteiger partial charge in [0.1, 0.15) is 5.75 Å². The summed E-state index contributed by atoms with van der Waals surface area (Å²) < 4.78 is 6.58. The van der Waals surface area contributed by atoms with Gasteiger partial charge in [-0.3, -0.25) is 4.79 Å². The average molecular weight is 327 g/mol. The molecule has 1 fully saturated rings. The molecule has 0 radical (unpaired) electrons. The summed E-state index contributed by atoms with van der Waals surface area (Å²) in [6, 6.07) is 6.17. The number of halogens is 1. The van der Waals surface area contributed by atoms with E-state index in [0.29, 0.717) is 6.04 Å². The molecule has 4 nitrogen and oxygen atoms in total. The zero-order chi connectivity index (χ0) is 13.8. The average Bonchev–Trinajstić information content (AvgIpc) is 3.11. The molecule has 0 bridgehead atoms. The number of carbonyl (C=O) groups is 1. The van der Waals surface area contributed by atoms with E-state index in [0.717, 1.165) is 35.0 Å². The maximum Gasteiger partial charge on any atom is 0.258 e. The van der Waals surface area contributed by atoms with E-state index >= 15 is 0 Å². The fraction of sp³-hybridized carbons (Fsp3) is 0.500. The van der Waals surface area contributed by atoms with Crippen LogP contribution in [0, 0.1) is 0 Å². The largest absolute Gasteiger partial charge is 0.483 e. The van der Waals surface area contributed by atoms with Gasteiger partial charge in [-0.25, -0.2) is 0 Å². The highest BCUT2D eigenvalue weighted by molar-refractivity contribution is 9.10. The van der Waals surface area contributed by atoms with Crippen molar-refractivity contribution in [1.82, 2.24) is 5.32 Å². The minimum Gasteiger partial charge on any atom is -0.483 e. The molecule has 0 aromatic heterocycles. The van der Waals surface area contributed by atoms with Crippen LogP contribution in [-0.2, 0) is 11.2 Å². The second-order valence-corrected chi connectivity index (χ2v) is 5.98. The number of amides is 1. The van der Waals surface area contributed by atoms with Crippen LogP contribution in [0.15, 0.2) is 22.7 Å². The Labute approximate surface area is 121 Å². The van der Waals surface area contributed by atoms with Crippen molar-refractivity contribution in [1.29, 1.82) is 0 Å². The predicted molar refractivity (Wildman–Crippen MR) is 78.2 cm³/mol. The third-order valence-electron chi connectivity index (χ3n) is 2.87. The topological polar surface area (TPSA) is 64.3 Å². The molecular weight excluding hydrogens is 308 g/mol. The quantitative estimate of drug-likeness (QED) is 0.840. The Bertz CT molecular complexity index is 459. The van der Waals surface area contributed by atoms with E-state index in [9.17, 15) is 4.79 Å². The first-order valence-corrected chi connectivity index (χ1v) is 7.30. The highest BCUT2D eigenvalue weighted by atomic mass is 79.9. The highest BCUT2D eigenvalue weighted by Crippen LogP contribution is 2.24. The van der Waals surface area contributed by atoms with Crippen LogP contribution in [0.4, 0.5) is 0 Å². The van der Waals surface area contributed by atoms with Crippen molar-refractivity contribution >= 4 is 21.8 Å². The third-order valence-corrected chi connectivity index (χ3v) is 3.36. The Morgan fingerprint density at radius 1 is 1.58 bits per heavy atom. The molecule has 0 heterocycles. The number of ether oxygens (including phenoxy) is 1. The van der Waals surface area contributed by atoms with Gasteiger partial charge in [-0.05, 0) is 49.9 Å². The summed E-state index contributed by atoms with van der Waals surface area (Å²) in [5, 5.41) is 2.90. The lowest BCUT2D eigenvalue weighted by molar-refractivity contribution is -0.123. The molecule has 0 spiro atoms. The third kappa shape index (κ3) is 4.84. The monoisotopic (exact) mass is 326 g/mol. The van der Waals surface area contributed by atoms with E-state index in [2.05, 4.69) is 21.2 Å². The van der Waals surface area contributed by atoms with Gasteiger partial charge in [-0.1, -0.05) is 15.9 Å². The van der Waals surface area contributed by atoms with E-state index < -0.39 is 0 Å². The lowest BCUT2D eigenvalue weighted by Crippen LogP contribution is -2.30. The van der Waals surface area contributed by atoms with Crippen LogP contribution in [0.1, 0.15) is 25.3 Å². The van der Waals surface area contributed by atoms with Crippen molar-refractivity contribution < 1.29 is 9.53 Å². The van der Waals surface area contributed by atoms with Gasteiger partial charge < -0.3 is 15.8 Å². The molecule has 2 rings (SSSR count). The van der Waals surface area contributed by atoms with Crippen LogP contribution in [0.5, 0.6) is 5.75 Å². The molecule has 104 valence electrons. The van der Waals surface area contributed by atoms with Gasteiger partial charge in [0.15, 0.2) is 6.61 Å². The number of nitrogens with two attached hydrogens (primary N) is 1. The minimum atomic E-state index is -0.0582. The second-order valence-electron chi connectivity index (χ2n) is 5.06. The number of benzene rings is 1. The van der Waals surface area contributed by atoms with Gasteiger partial charge in [0, 0.05) is 16.6 Å². The molecule has 1 aliphatic rings. The molecule has 1 amide bonds. The summed E-state index contributed by atoms with van der Waals surface area (Å²) in [6.07, 6.45) is 2.89. The summed E-state index contributed by atoms with van der Waals surface area (Å²) in [4.78, 5) is 11.6. The number of nitrogens with one attached hydrogen (secondary N) is 1. The van der Waals surface area contributed by atoms with E-state index in [1.807, 2.05) is 25.1 Å². The maximum atomic E-state index is 11.6. The van der Waals surface area contributed by atoms with Crippen LogP contribution >= 0.6 is 15.9 Å². The van der Waals surface area contributed by atoms with Gasteiger partial charge in [0.2, 0.25) is 0 Å². The van der Waals surface area contributed by atoms with Gasteiger partial charge in [-0.2, -0.15) is 0 Å². The molecule has 1 saturated carbocycles. The van der Waals surface area contributed by atoms with Gasteiger partial charge in [-0.15, -0.1) is 0 Å². The van der Waals surface area contributed by atoms with Gasteiger partial charge in [0.25, 0.3) is 5.91 Å². The molecule has 5 heteroatoms. The molecule has 19 heavy (non-hydrogen) atoms. The van der Waals surface area contributed by atoms with Crippen LogP contribution < -0.4 is 15.8 Å². The molecule has 1 aromatic carbocycles. The van der Waals surface area contributed by atoms with Gasteiger partial charge in [0.05, 0.1) is 0 Å². The van der Waals surface area contributed by atoms with Crippen LogP contribution in [0.3, 0.4) is 0 Å². The van der Waals surface area contributed by atoms with Crippen molar-refractivity contribution in [3.05, 3.63) is 28.2 Å². The summed E-state index contributed by atoms with van der Waals surface area (Å²) >= 11 is 3.43. The standard InChI is InChI=1S/C14H19BrN2O2/c1-9(16)6-10-7-11(15)2-5-13(10)19-8-14(18)17-12-3-4-12/h2,5,7,9,12H,3-4,6,8,16H2,1H3,(H,17,18). The second kappa shape index (κ2) is 6.39. The Hall–Kier alpha value is -1.07. The van der Waals surface area contributed by atoms with E-state index in [-0.39, 0.29) is 18.6 Å². The van der Waals surface area contributed by atoms with Crippen LogP contribution in [0.25, 0.3) is 0 Å². The summed E-state index contributed by atoms with van der Waals surface area (Å²) in [5.41, 5.74) is 6.84. The normalized spacial score (nSPS) is 15.9. The molecule has 0 aliphatic heterocycles. The van der Waals surface area contributed by atoms with E-state index in [1.165, 1.54) is 0 Å². The first-order valence-electron chi connectivity index (χ1n) is 6.51. The maximum absolute atomic E-state index is 11.6. The summed E-state index contributed by atoms with van der Waals surface area (Å²) in [5.74, 6) is 0.670. The Morgan fingerprint density at radius 3 is 2.95 bits per heavy atom. The van der Waals surface area contributed by atoms with E-state index in [4.69, 9.17) is 10.5 Å². The molecule has 1 atom stereocenters. The first kappa shape index (κ1) is 14.3. The van der Waals surface area contributed by atoms with Crippen LogP contribution in [-0.4, -0.2) is 24.6 Å². The summed E-state index contributed by atoms with van der Waals surface area (Å²) in [6.45, 7) is 2.01. The molecule has 1 aliphatic carbocycles. The first-order chi connectivity index (χ1) is 9.04. The summed E-state index contributed by atoms with van der Waals surface area (Å²) in [7, 11) is 0. The lowest BCUT2D eigenvalue weighted by atomic mass is 10.1. The van der Waals surface area contributed by atoms with Crippen molar-refractivity contribution in [2.75, 3.05) is 6.61 Å². The fourth-order valence-electron chi connectivity index (χ4n) is 1.84. The Balaban J connectivity index is 1.95. The van der Waals surface area contributed by atoms with Crippen molar-refractivity contribution in [3.8, 4) is 5.75 Å². The van der Waals surface area contributed by atoms with Crippen molar-refractivity contribution in [2.45, 2.75) is 38.3 Å². The Morgan fingerprint density at radius 2 is 2.32 bits per heavy atom. The minimum absolute atomic E-state index is 0.0527. The number of hydrogen-bond donors (Lipinski definition) is 2. The number of carbonyl (C=O) groups excluding carboxylic acids is 1. The SMILES string of the molecule is CC(N)Cc1cc(Br)ccc1OCC(=O)NC1CC1. The molecule has 1 unspecified atom stereocenters. The fourth-order valence-corrected chi connectivity index (χ4v) is 2.24. The van der Waals surface area contributed by atoms with Crippen LogP contribution in [0.2, 0.25) is 0 Å². The predicted octanol–water partition coefficient (Wildman–Crippen LogP) is 2.00. The smallest absolute Gasteiger partial charge is 0.258 e. The van der Waals surface area contributed by atoms with Crippen molar-refractivity contribution in [3.63, 3.8) is 0 Å². The number of rotatable bonds is 6. The van der Waals surface area contributed by atoms with E-state index in [1.54, 1.807) is 0 Å². The molecule has 3 N–H and O–H groups in total. The Kier molecular flexibility index (Phi) is 4.82. The zero-order valence-electron chi connectivity index (χ0n) is 11.0. The lowest BCUT2D eigenvalue weighted by Gasteiger charge is -2.13. The van der Waals surface area contributed by atoms with Gasteiger partial charge >= 0.3 is 0 Å². The molecule has 1 aromatic rings.